The third-order valence-corrected chi connectivity index (χ3v) is 2.77. The van der Waals surface area contributed by atoms with Gasteiger partial charge in [0.1, 0.15) is 12.4 Å². The molecule has 1 N–H and O–H groups in total. The summed E-state index contributed by atoms with van der Waals surface area (Å²) in [6.07, 6.45) is 0. The van der Waals surface area contributed by atoms with E-state index in [1.807, 2.05) is 0 Å². The van der Waals surface area contributed by atoms with Gasteiger partial charge in [0.25, 0.3) is 5.91 Å². The third-order valence-electron chi connectivity index (χ3n) is 2.77. The number of carboxylic acid groups (broad SMARTS) is 1. The average molecular weight is 267 g/mol. The first-order chi connectivity index (χ1) is 8.64. The minimum atomic E-state index is -1.13. The van der Waals surface area contributed by atoms with Crippen LogP contribution in [0.15, 0.2) is 18.2 Å². The zero-order valence-corrected chi connectivity index (χ0v) is 11.5. The van der Waals surface area contributed by atoms with E-state index in [9.17, 15) is 14.0 Å². The van der Waals surface area contributed by atoms with E-state index in [0.29, 0.717) is 5.56 Å². The number of halogens is 1. The van der Waals surface area contributed by atoms with E-state index in [1.165, 1.54) is 6.07 Å². The molecule has 0 atom stereocenters. The molecule has 0 fully saturated rings. The zero-order chi connectivity index (χ0) is 14.8. The minimum absolute atomic E-state index is 0.101. The number of carbonyl (C=O) groups excluding carboxylic acids is 1. The van der Waals surface area contributed by atoms with Crippen molar-refractivity contribution in [2.45, 2.75) is 33.2 Å². The Labute approximate surface area is 111 Å². The maximum Gasteiger partial charge on any atom is 0.323 e. The monoisotopic (exact) mass is 267 g/mol. The highest BCUT2D eigenvalue weighted by Crippen LogP contribution is 2.20. The maximum absolute atomic E-state index is 13.9. The lowest BCUT2D eigenvalue weighted by atomic mass is 10.0. The third kappa shape index (κ3) is 3.53. The molecule has 0 heterocycles. The molecule has 0 saturated carbocycles. The lowest BCUT2D eigenvalue weighted by molar-refractivity contribution is -0.138. The molecule has 0 spiro atoms. The molecular weight excluding hydrogens is 249 g/mol. The highest BCUT2D eigenvalue weighted by molar-refractivity contribution is 5.96. The fourth-order valence-electron chi connectivity index (χ4n) is 1.71. The van der Waals surface area contributed by atoms with Crippen LogP contribution in [0.3, 0.4) is 0 Å². The van der Waals surface area contributed by atoms with Gasteiger partial charge in [0, 0.05) is 5.54 Å². The van der Waals surface area contributed by atoms with Gasteiger partial charge in [0.15, 0.2) is 0 Å². The maximum atomic E-state index is 13.9. The number of hydrogen-bond donors (Lipinski definition) is 1. The molecule has 5 heteroatoms. The lowest BCUT2D eigenvalue weighted by Crippen LogP contribution is -2.48. The van der Waals surface area contributed by atoms with Crippen LogP contribution in [-0.2, 0) is 4.79 Å². The van der Waals surface area contributed by atoms with E-state index >= 15 is 0 Å². The van der Waals surface area contributed by atoms with Crippen LogP contribution >= 0.6 is 0 Å². The van der Waals surface area contributed by atoms with Crippen LogP contribution in [0.5, 0.6) is 0 Å². The number of amides is 1. The SMILES string of the molecule is Cc1cccc(C(=O)N(CC(=O)O)C(C)(C)C)c1F. The van der Waals surface area contributed by atoms with Crippen LogP contribution in [-0.4, -0.2) is 34.0 Å². The Morgan fingerprint density at radius 2 is 1.89 bits per heavy atom. The number of rotatable bonds is 3. The second kappa shape index (κ2) is 5.38. The summed E-state index contributed by atoms with van der Waals surface area (Å²) in [6, 6.07) is 4.50. The Morgan fingerprint density at radius 3 is 2.37 bits per heavy atom. The quantitative estimate of drug-likeness (QED) is 0.915. The largest absolute Gasteiger partial charge is 0.480 e. The number of benzene rings is 1. The molecule has 0 unspecified atom stereocenters. The molecule has 0 saturated heterocycles. The normalized spacial score (nSPS) is 11.2. The summed E-state index contributed by atoms with van der Waals surface area (Å²) < 4.78 is 13.9. The van der Waals surface area contributed by atoms with Crippen molar-refractivity contribution in [2.75, 3.05) is 6.54 Å². The van der Waals surface area contributed by atoms with Crippen molar-refractivity contribution in [3.8, 4) is 0 Å². The van der Waals surface area contributed by atoms with Crippen molar-refractivity contribution in [3.63, 3.8) is 0 Å². The van der Waals surface area contributed by atoms with Crippen molar-refractivity contribution < 1.29 is 19.1 Å². The molecule has 1 amide bonds. The Morgan fingerprint density at radius 1 is 1.32 bits per heavy atom. The van der Waals surface area contributed by atoms with Gasteiger partial charge in [-0.05, 0) is 39.3 Å². The smallest absolute Gasteiger partial charge is 0.323 e. The van der Waals surface area contributed by atoms with Gasteiger partial charge in [-0.2, -0.15) is 0 Å². The Kier molecular flexibility index (Phi) is 4.29. The topological polar surface area (TPSA) is 57.6 Å². The molecule has 4 nitrogen and oxygen atoms in total. The van der Waals surface area contributed by atoms with Gasteiger partial charge >= 0.3 is 5.97 Å². The van der Waals surface area contributed by atoms with Gasteiger partial charge in [0.05, 0.1) is 5.56 Å². The predicted molar refractivity (Wildman–Crippen MR) is 69.6 cm³/mol. The summed E-state index contributed by atoms with van der Waals surface area (Å²) in [5, 5.41) is 8.88. The fraction of sp³-hybridized carbons (Fsp3) is 0.429. The van der Waals surface area contributed by atoms with Crippen molar-refractivity contribution in [3.05, 3.63) is 35.1 Å². The van der Waals surface area contributed by atoms with Gasteiger partial charge in [-0.25, -0.2) is 4.39 Å². The predicted octanol–water partition coefficient (Wildman–Crippen LogP) is 2.46. The molecule has 1 rings (SSSR count). The zero-order valence-electron chi connectivity index (χ0n) is 11.5. The number of carbonyl (C=O) groups is 2. The molecule has 1 aromatic carbocycles. The number of carboxylic acids is 1. The summed E-state index contributed by atoms with van der Waals surface area (Å²) in [7, 11) is 0. The molecule has 19 heavy (non-hydrogen) atoms. The Balaban J connectivity index is 3.20. The molecule has 1 aromatic rings. The van der Waals surface area contributed by atoms with Gasteiger partial charge in [0.2, 0.25) is 0 Å². The van der Waals surface area contributed by atoms with E-state index in [-0.39, 0.29) is 5.56 Å². The summed E-state index contributed by atoms with van der Waals surface area (Å²) in [4.78, 5) is 24.3. The second-order valence-electron chi connectivity index (χ2n) is 5.39. The molecular formula is C14H18FNO3. The highest BCUT2D eigenvalue weighted by atomic mass is 19.1. The Bertz CT molecular complexity index is 506. The second-order valence-corrected chi connectivity index (χ2v) is 5.39. The van der Waals surface area contributed by atoms with E-state index in [4.69, 9.17) is 5.11 Å². The lowest BCUT2D eigenvalue weighted by Gasteiger charge is -2.34. The first kappa shape index (κ1) is 15.1. The van der Waals surface area contributed by atoms with E-state index in [0.717, 1.165) is 4.90 Å². The summed E-state index contributed by atoms with van der Waals surface area (Å²) in [6.45, 7) is 6.23. The molecule has 104 valence electrons. The number of aliphatic carboxylic acids is 1. The van der Waals surface area contributed by atoms with Crippen LogP contribution in [0.25, 0.3) is 0 Å². The minimum Gasteiger partial charge on any atom is -0.480 e. The first-order valence-electron chi connectivity index (χ1n) is 5.93. The van der Waals surface area contributed by atoms with Crippen molar-refractivity contribution in [2.24, 2.45) is 0 Å². The van der Waals surface area contributed by atoms with Crippen LogP contribution in [0.4, 0.5) is 4.39 Å². The highest BCUT2D eigenvalue weighted by Gasteiger charge is 2.30. The molecule has 0 bridgehead atoms. The van der Waals surface area contributed by atoms with Crippen molar-refractivity contribution >= 4 is 11.9 Å². The molecule has 0 aliphatic carbocycles. The average Bonchev–Trinajstić information content (AvgIpc) is 2.27. The number of aryl methyl sites for hydroxylation is 1. The van der Waals surface area contributed by atoms with Gasteiger partial charge in [-0.3, -0.25) is 9.59 Å². The number of nitrogens with zero attached hydrogens (tertiary/aromatic N) is 1. The number of hydrogen-bond acceptors (Lipinski definition) is 2. The summed E-state index contributed by atoms with van der Waals surface area (Å²) in [5.41, 5.74) is -0.447. The molecule has 0 aliphatic rings. The summed E-state index contributed by atoms with van der Waals surface area (Å²) in [5.74, 6) is -2.35. The first-order valence-corrected chi connectivity index (χ1v) is 5.93. The van der Waals surface area contributed by atoms with Crippen molar-refractivity contribution in [1.82, 2.24) is 4.90 Å². The standard InChI is InChI=1S/C14H18FNO3/c1-9-6-5-7-10(12(9)15)13(19)16(8-11(17)18)14(2,3)4/h5-7H,8H2,1-4H3,(H,17,18). The van der Waals surface area contributed by atoms with E-state index < -0.39 is 29.8 Å². The van der Waals surface area contributed by atoms with Crippen LogP contribution in [0, 0.1) is 12.7 Å². The van der Waals surface area contributed by atoms with Crippen LogP contribution < -0.4 is 0 Å². The molecule has 0 radical (unpaired) electrons. The van der Waals surface area contributed by atoms with E-state index in [2.05, 4.69) is 0 Å². The van der Waals surface area contributed by atoms with E-state index in [1.54, 1.807) is 39.8 Å². The fourth-order valence-corrected chi connectivity index (χ4v) is 1.71. The van der Waals surface area contributed by atoms with Gasteiger partial charge in [-0.15, -0.1) is 0 Å². The van der Waals surface area contributed by atoms with Gasteiger partial charge < -0.3 is 10.0 Å². The Hall–Kier alpha value is -1.91. The summed E-state index contributed by atoms with van der Waals surface area (Å²) >= 11 is 0. The van der Waals surface area contributed by atoms with Gasteiger partial charge in [-0.1, -0.05) is 12.1 Å². The van der Waals surface area contributed by atoms with Crippen LogP contribution in [0.2, 0.25) is 0 Å². The molecule has 0 aromatic heterocycles. The van der Waals surface area contributed by atoms with Crippen LogP contribution in [0.1, 0.15) is 36.7 Å². The van der Waals surface area contributed by atoms with Crippen molar-refractivity contribution in [1.29, 1.82) is 0 Å². The molecule has 0 aliphatic heterocycles.